The largest absolute Gasteiger partial charge is 0.361 e. The monoisotopic (exact) mass is 430 g/mol. The van der Waals surface area contributed by atoms with Gasteiger partial charge < -0.3 is 4.52 Å². The molecule has 154 valence electrons. The van der Waals surface area contributed by atoms with Crippen LogP contribution >= 0.6 is 0 Å². The van der Waals surface area contributed by atoms with Gasteiger partial charge in [0, 0.05) is 47.0 Å². The Balaban J connectivity index is 1.82. The molecular weight excluding hydrogens is 412 g/mol. The third kappa shape index (κ3) is 3.12. The second-order valence-corrected chi connectivity index (χ2v) is 9.00. The molecule has 0 atom stereocenters. The molecule has 0 saturated carbocycles. The van der Waals surface area contributed by atoms with Crippen molar-refractivity contribution in [3.63, 3.8) is 0 Å². The zero-order chi connectivity index (χ0) is 21.6. The van der Waals surface area contributed by atoms with E-state index in [1.165, 1.54) is 3.97 Å². The highest BCUT2D eigenvalue weighted by Crippen LogP contribution is 2.35. The SMILES string of the molecule is Cc1noc(C)c1-c1cnc2c(-c3cccnc3)cn(S(=O)(=O)c3ccccc3)c2c1. The Morgan fingerprint density at radius 3 is 2.45 bits per heavy atom. The minimum Gasteiger partial charge on any atom is -0.361 e. The van der Waals surface area contributed by atoms with Crippen molar-refractivity contribution < 1.29 is 12.9 Å². The number of aromatic nitrogens is 4. The lowest BCUT2D eigenvalue weighted by Crippen LogP contribution is -2.11. The number of nitrogens with zero attached hydrogens (tertiary/aromatic N) is 4. The average Bonchev–Trinajstić information content (AvgIpc) is 3.34. The number of hydrogen-bond acceptors (Lipinski definition) is 6. The van der Waals surface area contributed by atoms with E-state index in [0.29, 0.717) is 22.4 Å². The summed E-state index contributed by atoms with van der Waals surface area (Å²) in [6.45, 7) is 3.66. The standard InChI is InChI=1S/C23H18N4O3S/c1-15-22(16(2)30-26-15)18-11-21-23(25-13-18)20(17-7-6-10-24-12-17)14-27(21)31(28,29)19-8-4-3-5-9-19/h3-14H,1-2H3. The van der Waals surface area contributed by atoms with Crippen molar-refractivity contribution in [2.75, 3.05) is 0 Å². The van der Waals surface area contributed by atoms with Crippen molar-refractivity contribution >= 4 is 21.1 Å². The molecule has 0 saturated heterocycles. The molecule has 31 heavy (non-hydrogen) atoms. The van der Waals surface area contributed by atoms with Crippen LogP contribution in [0.25, 0.3) is 33.3 Å². The van der Waals surface area contributed by atoms with Crippen LogP contribution < -0.4 is 0 Å². The number of hydrogen-bond donors (Lipinski definition) is 0. The summed E-state index contributed by atoms with van der Waals surface area (Å²) in [5, 5.41) is 4.01. The Kier molecular flexibility index (Phi) is 4.44. The van der Waals surface area contributed by atoms with Crippen molar-refractivity contribution in [2.45, 2.75) is 18.7 Å². The molecular formula is C23H18N4O3S. The van der Waals surface area contributed by atoms with E-state index in [1.807, 2.05) is 32.0 Å². The summed E-state index contributed by atoms with van der Waals surface area (Å²) >= 11 is 0. The van der Waals surface area contributed by atoms with Gasteiger partial charge in [-0.25, -0.2) is 12.4 Å². The highest BCUT2D eigenvalue weighted by Gasteiger charge is 2.24. The van der Waals surface area contributed by atoms with Crippen molar-refractivity contribution in [3.8, 4) is 22.3 Å². The molecule has 1 aromatic carbocycles. The second-order valence-electron chi connectivity index (χ2n) is 7.19. The molecule has 4 aromatic heterocycles. The normalized spacial score (nSPS) is 11.8. The Hall–Kier alpha value is -3.78. The molecule has 7 nitrogen and oxygen atoms in total. The fraction of sp³-hybridized carbons (Fsp3) is 0.0870. The van der Waals surface area contributed by atoms with Gasteiger partial charge >= 0.3 is 0 Å². The maximum Gasteiger partial charge on any atom is 0.268 e. The van der Waals surface area contributed by atoms with Crippen LogP contribution in [-0.2, 0) is 10.0 Å². The van der Waals surface area contributed by atoms with Crippen molar-refractivity contribution in [3.05, 3.63) is 84.8 Å². The minimum absolute atomic E-state index is 0.201. The molecule has 5 rings (SSSR count). The van der Waals surface area contributed by atoms with Gasteiger partial charge in [-0.3, -0.25) is 9.97 Å². The van der Waals surface area contributed by atoms with Crippen LogP contribution in [0.3, 0.4) is 0 Å². The van der Waals surface area contributed by atoms with Gasteiger partial charge in [-0.2, -0.15) is 0 Å². The highest BCUT2D eigenvalue weighted by molar-refractivity contribution is 7.90. The zero-order valence-corrected chi connectivity index (χ0v) is 17.7. The van der Waals surface area contributed by atoms with E-state index in [2.05, 4.69) is 15.1 Å². The van der Waals surface area contributed by atoms with Crippen molar-refractivity contribution in [2.24, 2.45) is 0 Å². The van der Waals surface area contributed by atoms with Gasteiger partial charge in [-0.1, -0.05) is 29.4 Å². The summed E-state index contributed by atoms with van der Waals surface area (Å²) in [6, 6.07) is 13.9. The van der Waals surface area contributed by atoms with Crippen LogP contribution in [-0.4, -0.2) is 27.5 Å². The third-order valence-electron chi connectivity index (χ3n) is 5.20. The molecule has 0 aliphatic heterocycles. The van der Waals surface area contributed by atoms with E-state index in [1.54, 1.807) is 55.1 Å². The molecule has 8 heteroatoms. The van der Waals surface area contributed by atoms with E-state index in [-0.39, 0.29) is 4.90 Å². The lowest BCUT2D eigenvalue weighted by atomic mass is 10.0. The number of aryl methyl sites for hydroxylation is 2. The predicted octanol–water partition coefficient (Wildman–Crippen LogP) is 4.61. The molecule has 0 bridgehead atoms. The first kappa shape index (κ1) is 19.2. The van der Waals surface area contributed by atoms with Gasteiger partial charge in [0.25, 0.3) is 10.0 Å². The van der Waals surface area contributed by atoms with E-state index < -0.39 is 10.0 Å². The van der Waals surface area contributed by atoms with Gasteiger partial charge in [0.15, 0.2) is 0 Å². The van der Waals surface area contributed by atoms with E-state index in [4.69, 9.17) is 4.52 Å². The summed E-state index contributed by atoms with van der Waals surface area (Å²) in [4.78, 5) is 9.01. The quantitative estimate of drug-likeness (QED) is 0.414. The van der Waals surface area contributed by atoms with Crippen LogP contribution in [0.5, 0.6) is 0 Å². The summed E-state index contributed by atoms with van der Waals surface area (Å²) in [6.07, 6.45) is 6.69. The van der Waals surface area contributed by atoms with Crippen LogP contribution in [0.4, 0.5) is 0 Å². The number of rotatable bonds is 4. The molecule has 0 amide bonds. The second kappa shape index (κ2) is 7.17. The Morgan fingerprint density at radius 1 is 0.968 bits per heavy atom. The number of pyridine rings is 2. The number of fused-ring (bicyclic) bond motifs is 1. The molecule has 5 aromatic rings. The van der Waals surface area contributed by atoms with E-state index >= 15 is 0 Å². The van der Waals surface area contributed by atoms with Crippen LogP contribution in [0, 0.1) is 13.8 Å². The molecule has 0 unspecified atom stereocenters. The molecule has 0 N–H and O–H groups in total. The van der Waals surface area contributed by atoms with E-state index in [0.717, 1.165) is 22.4 Å². The molecule has 0 fully saturated rings. The molecule has 0 radical (unpaired) electrons. The number of benzene rings is 1. The summed E-state index contributed by atoms with van der Waals surface area (Å²) < 4.78 is 33.6. The minimum atomic E-state index is -3.84. The first-order valence-corrected chi connectivity index (χ1v) is 11.1. The highest BCUT2D eigenvalue weighted by atomic mass is 32.2. The van der Waals surface area contributed by atoms with Gasteiger partial charge in [-0.05, 0) is 38.1 Å². The molecule has 0 aliphatic carbocycles. The zero-order valence-electron chi connectivity index (χ0n) is 16.9. The lowest BCUT2D eigenvalue weighted by Gasteiger charge is -2.08. The molecule has 0 spiro atoms. The van der Waals surface area contributed by atoms with Crippen LogP contribution in [0.2, 0.25) is 0 Å². The Labute approximate surface area is 179 Å². The average molecular weight is 430 g/mol. The van der Waals surface area contributed by atoms with Gasteiger partial charge in [0.1, 0.15) is 5.76 Å². The van der Waals surface area contributed by atoms with Crippen molar-refractivity contribution in [1.29, 1.82) is 0 Å². The van der Waals surface area contributed by atoms with Crippen LogP contribution in [0.1, 0.15) is 11.5 Å². The topological polar surface area (TPSA) is 90.9 Å². The summed E-state index contributed by atoms with van der Waals surface area (Å²) in [5.41, 5.74) is 4.78. The van der Waals surface area contributed by atoms with Crippen LogP contribution in [0.15, 0.2) is 82.7 Å². The lowest BCUT2D eigenvalue weighted by molar-refractivity contribution is 0.393. The Bertz CT molecular complexity index is 1490. The smallest absolute Gasteiger partial charge is 0.268 e. The molecule has 4 heterocycles. The fourth-order valence-corrected chi connectivity index (χ4v) is 5.12. The van der Waals surface area contributed by atoms with Gasteiger partial charge in [-0.15, -0.1) is 0 Å². The molecule has 0 aliphatic rings. The van der Waals surface area contributed by atoms with E-state index in [9.17, 15) is 8.42 Å². The van der Waals surface area contributed by atoms with Gasteiger partial charge in [0.05, 0.1) is 21.6 Å². The summed E-state index contributed by atoms with van der Waals surface area (Å²) in [5.74, 6) is 0.648. The Morgan fingerprint density at radius 2 is 1.77 bits per heavy atom. The predicted molar refractivity (Wildman–Crippen MR) is 117 cm³/mol. The van der Waals surface area contributed by atoms with Gasteiger partial charge in [0.2, 0.25) is 0 Å². The summed E-state index contributed by atoms with van der Waals surface area (Å²) in [7, 11) is -3.84. The first-order chi connectivity index (χ1) is 15.0. The third-order valence-corrected chi connectivity index (χ3v) is 6.89. The van der Waals surface area contributed by atoms with Crippen molar-refractivity contribution in [1.82, 2.24) is 19.1 Å². The first-order valence-electron chi connectivity index (χ1n) is 9.62. The maximum atomic E-state index is 13.5. The fourth-order valence-electron chi connectivity index (χ4n) is 3.75. The maximum absolute atomic E-state index is 13.5.